The fourth-order valence-electron chi connectivity index (χ4n) is 4.49. The van der Waals surface area contributed by atoms with Gasteiger partial charge in [0, 0.05) is 53.9 Å². The van der Waals surface area contributed by atoms with Gasteiger partial charge < -0.3 is 9.80 Å². The minimum Gasteiger partial charge on any atom is -0.368 e. The molecule has 10 heteroatoms. The first-order valence-corrected chi connectivity index (χ1v) is 11.8. The number of rotatable bonds is 4. The molecule has 1 saturated heterocycles. The van der Waals surface area contributed by atoms with Crippen molar-refractivity contribution in [3.63, 3.8) is 0 Å². The minimum atomic E-state index is -0.513. The third-order valence-corrected chi connectivity index (χ3v) is 6.65. The molecular weight excluding hydrogens is 482 g/mol. The van der Waals surface area contributed by atoms with Crippen LogP contribution < -0.4 is 10.5 Å². The summed E-state index contributed by atoms with van der Waals surface area (Å²) in [7, 11) is 0. The van der Waals surface area contributed by atoms with Gasteiger partial charge in [-0.15, -0.1) is 0 Å². The van der Waals surface area contributed by atoms with Crippen LogP contribution in [-0.4, -0.2) is 51.7 Å². The first kappa shape index (κ1) is 23.5. The van der Waals surface area contributed by atoms with Gasteiger partial charge in [-0.25, -0.2) is 0 Å². The van der Waals surface area contributed by atoms with Crippen LogP contribution in [0.5, 0.6) is 0 Å². The summed E-state index contributed by atoms with van der Waals surface area (Å²) in [5.41, 5.74) is 1.36. The van der Waals surface area contributed by atoms with Crippen LogP contribution in [0.3, 0.4) is 0 Å². The van der Waals surface area contributed by atoms with Gasteiger partial charge >= 0.3 is 0 Å². The number of benzene rings is 3. The van der Waals surface area contributed by atoms with E-state index in [0.29, 0.717) is 58.9 Å². The van der Waals surface area contributed by atoms with Crippen LogP contribution in [0, 0.1) is 17.0 Å². The number of nitrogens with zero attached hydrogens (tertiary/aromatic N) is 5. The number of carbonyl (C=O) groups excluding carboxylic acids is 1. The molecule has 4 aromatic rings. The Morgan fingerprint density at radius 1 is 0.972 bits per heavy atom. The summed E-state index contributed by atoms with van der Waals surface area (Å²) in [4.78, 5) is 41.2. The number of hydrogen-bond donors (Lipinski definition) is 0. The molecule has 1 amide bonds. The van der Waals surface area contributed by atoms with E-state index in [2.05, 4.69) is 5.10 Å². The number of nitro benzene ring substituents is 1. The number of aryl methyl sites for hydroxylation is 1. The monoisotopic (exact) mass is 503 g/mol. The predicted octanol–water partition coefficient (Wildman–Crippen LogP) is 4.22. The van der Waals surface area contributed by atoms with Gasteiger partial charge in [0.25, 0.3) is 17.2 Å². The van der Waals surface area contributed by atoms with Crippen LogP contribution in [0.2, 0.25) is 5.02 Å². The summed E-state index contributed by atoms with van der Waals surface area (Å²) in [5.74, 6) is -0.0712. The first-order chi connectivity index (χ1) is 17.3. The molecule has 2 heterocycles. The van der Waals surface area contributed by atoms with Crippen LogP contribution in [0.1, 0.15) is 16.1 Å². The van der Waals surface area contributed by atoms with Crippen LogP contribution in [0.4, 0.5) is 11.4 Å². The van der Waals surface area contributed by atoms with Gasteiger partial charge in [-0.2, -0.15) is 9.78 Å². The maximum atomic E-state index is 13.2. The molecule has 0 radical (unpaired) electrons. The number of carbonyl (C=O) groups is 1. The lowest BCUT2D eigenvalue weighted by Crippen LogP contribution is -2.48. The molecule has 1 aliphatic rings. The highest BCUT2D eigenvalue weighted by Crippen LogP contribution is 2.29. The maximum Gasteiger partial charge on any atom is 0.295 e. The van der Waals surface area contributed by atoms with Gasteiger partial charge in [-0.05, 0) is 49.4 Å². The molecule has 0 N–H and O–H groups in total. The Morgan fingerprint density at radius 3 is 2.31 bits per heavy atom. The zero-order valence-corrected chi connectivity index (χ0v) is 20.2. The van der Waals surface area contributed by atoms with E-state index in [1.165, 1.54) is 6.07 Å². The molecule has 1 fully saturated rings. The van der Waals surface area contributed by atoms with E-state index in [9.17, 15) is 19.7 Å². The van der Waals surface area contributed by atoms with Crippen molar-refractivity contribution in [2.45, 2.75) is 6.92 Å². The molecule has 9 nitrogen and oxygen atoms in total. The van der Waals surface area contributed by atoms with Crippen molar-refractivity contribution < 1.29 is 9.72 Å². The molecule has 36 heavy (non-hydrogen) atoms. The highest BCUT2D eigenvalue weighted by Gasteiger charge is 2.25. The first-order valence-electron chi connectivity index (χ1n) is 11.4. The van der Waals surface area contributed by atoms with Crippen LogP contribution >= 0.6 is 11.6 Å². The van der Waals surface area contributed by atoms with E-state index >= 15 is 0 Å². The molecule has 5 rings (SSSR count). The SMILES string of the molecule is Cc1nn(-c2cc(N3CCN(C(=O)c4ccc(Cl)cc4)CC3)ccc2[N+](=O)[O-])c(=O)c2ccccc12. The smallest absolute Gasteiger partial charge is 0.295 e. The van der Waals surface area contributed by atoms with Crippen LogP contribution in [-0.2, 0) is 0 Å². The van der Waals surface area contributed by atoms with Crippen molar-refractivity contribution in [2.75, 3.05) is 31.1 Å². The maximum absolute atomic E-state index is 13.2. The Balaban J connectivity index is 1.45. The van der Waals surface area contributed by atoms with Gasteiger partial charge in [-0.3, -0.25) is 19.7 Å². The number of amides is 1. The van der Waals surface area contributed by atoms with Gasteiger partial charge in [-0.1, -0.05) is 29.8 Å². The fraction of sp³-hybridized carbons (Fsp3) is 0.192. The molecule has 0 bridgehead atoms. The summed E-state index contributed by atoms with van der Waals surface area (Å²) in [6, 6.07) is 18.5. The topological polar surface area (TPSA) is 102 Å². The minimum absolute atomic E-state index is 0.0712. The molecular formula is C26H22ClN5O4. The summed E-state index contributed by atoms with van der Waals surface area (Å²) >= 11 is 5.92. The third-order valence-electron chi connectivity index (χ3n) is 6.40. The summed E-state index contributed by atoms with van der Waals surface area (Å²) in [6.07, 6.45) is 0. The summed E-state index contributed by atoms with van der Waals surface area (Å²) in [6.45, 7) is 3.82. The second-order valence-corrected chi connectivity index (χ2v) is 9.00. The average molecular weight is 504 g/mol. The highest BCUT2D eigenvalue weighted by atomic mass is 35.5. The van der Waals surface area contributed by atoms with E-state index in [1.54, 1.807) is 66.4 Å². The Hall–Kier alpha value is -4.24. The molecule has 182 valence electrons. The van der Waals surface area contributed by atoms with Crippen molar-refractivity contribution in [1.29, 1.82) is 0 Å². The Kier molecular flexibility index (Phi) is 6.15. The van der Waals surface area contributed by atoms with Crippen molar-refractivity contribution in [1.82, 2.24) is 14.7 Å². The number of fused-ring (bicyclic) bond motifs is 1. The lowest BCUT2D eigenvalue weighted by atomic mass is 10.1. The van der Waals surface area contributed by atoms with Crippen molar-refractivity contribution in [3.05, 3.63) is 103 Å². The van der Waals surface area contributed by atoms with Gasteiger partial charge in [0.05, 0.1) is 16.0 Å². The molecule has 0 unspecified atom stereocenters. The number of halogens is 1. The Labute approximate surface area is 211 Å². The number of aromatic nitrogens is 2. The number of nitro groups is 1. The van der Waals surface area contributed by atoms with E-state index < -0.39 is 10.5 Å². The number of hydrogen-bond acceptors (Lipinski definition) is 6. The molecule has 1 aliphatic heterocycles. The fourth-order valence-corrected chi connectivity index (χ4v) is 4.61. The highest BCUT2D eigenvalue weighted by molar-refractivity contribution is 6.30. The van der Waals surface area contributed by atoms with Crippen LogP contribution in [0.15, 0.2) is 71.5 Å². The second kappa shape index (κ2) is 9.43. The Morgan fingerprint density at radius 2 is 1.64 bits per heavy atom. The zero-order chi connectivity index (χ0) is 25.4. The summed E-state index contributed by atoms with van der Waals surface area (Å²) in [5, 5.41) is 17.9. The average Bonchev–Trinajstić information content (AvgIpc) is 2.90. The molecule has 1 aromatic heterocycles. The van der Waals surface area contributed by atoms with Crippen molar-refractivity contribution in [2.24, 2.45) is 0 Å². The van der Waals surface area contributed by atoms with E-state index in [0.717, 1.165) is 4.68 Å². The largest absolute Gasteiger partial charge is 0.368 e. The lowest BCUT2D eigenvalue weighted by molar-refractivity contribution is -0.384. The van der Waals surface area contributed by atoms with E-state index in [1.807, 2.05) is 11.0 Å². The normalized spacial score (nSPS) is 13.7. The van der Waals surface area contributed by atoms with E-state index in [4.69, 9.17) is 11.6 Å². The number of piperazine rings is 1. The molecule has 0 saturated carbocycles. The Bertz CT molecular complexity index is 1540. The molecule has 0 aliphatic carbocycles. The zero-order valence-electron chi connectivity index (χ0n) is 19.4. The van der Waals surface area contributed by atoms with Crippen molar-refractivity contribution in [3.8, 4) is 5.69 Å². The number of anilines is 1. The molecule has 3 aromatic carbocycles. The van der Waals surface area contributed by atoms with Gasteiger partial charge in [0.15, 0.2) is 0 Å². The second-order valence-electron chi connectivity index (χ2n) is 8.56. The molecule has 0 atom stereocenters. The van der Waals surface area contributed by atoms with E-state index in [-0.39, 0.29) is 17.3 Å². The van der Waals surface area contributed by atoms with Gasteiger partial charge in [0.2, 0.25) is 0 Å². The third kappa shape index (κ3) is 4.29. The van der Waals surface area contributed by atoms with Crippen molar-refractivity contribution >= 4 is 39.7 Å². The molecule has 0 spiro atoms. The predicted molar refractivity (Wildman–Crippen MR) is 138 cm³/mol. The summed E-state index contributed by atoms with van der Waals surface area (Å²) < 4.78 is 1.11. The lowest BCUT2D eigenvalue weighted by Gasteiger charge is -2.36. The standard InChI is InChI=1S/C26H22ClN5O4/c1-17-21-4-2-3-5-22(21)26(34)31(28-17)24-16-20(10-11-23(24)32(35)36)29-12-14-30(15-13-29)25(33)18-6-8-19(27)9-7-18/h2-11,16H,12-15H2,1H3. The quantitative estimate of drug-likeness (QED) is 0.305. The van der Waals surface area contributed by atoms with Crippen LogP contribution in [0.25, 0.3) is 16.5 Å². The van der Waals surface area contributed by atoms with Gasteiger partial charge in [0.1, 0.15) is 5.69 Å².